The molecule has 0 fully saturated rings. The van der Waals surface area contributed by atoms with E-state index in [1.165, 1.54) is 17.1 Å². The molecular weight excluding hydrogens is 556 g/mol. The third kappa shape index (κ3) is 6.02. The molecule has 4 aromatic carbocycles. The fourth-order valence-corrected chi connectivity index (χ4v) is 4.65. The summed E-state index contributed by atoms with van der Waals surface area (Å²) in [5.41, 5.74) is 2.66. The van der Waals surface area contributed by atoms with Gasteiger partial charge in [-0.15, -0.1) is 0 Å². The van der Waals surface area contributed by atoms with Crippen molar-refractivity contribution < 1.29 is 32.5 Å². The van der Waals surface area contributed by atoms with Crippen LogP contribution in [0, 0.1) is 0 Å². The average molecular weight is 578 g/mol. The summed E-state index contributed by atoms with van der Waals surface area (Å²) < 4.78 is 46.5. The molecule has 0 saturated carbocycles. The number of amides is 2. The number of rotatable bonds is 7. The molecule has 0 bridgehead atoms. The normalized spacial score (nSPS) is 15.6. The molecular formula is C30H22ClF2N3O5. The zero-order valence-corrected chi connectivity index (χ0v) is 22.1. The van der Waals surface area contributed by atoms with E-state index in [0.717, 1.165) is 5.56 Å². The molecule has 11 heteroatoms. The number of nitrogens with zero attached hydrogens (tertiary/aromatic N) is 2. The largest absolute Gasteiger partial charge is 0.457 e. The highest BCUT2D eigenvalue weighted by atomic mass is 35.5. The zero-order valence-electron chi connectivity index (χ0n) is 21.3. The lowest BCUT2D eigenvalue weighted by molar-refractivity contribution is -0.0498. The third-order valence-corrected chi connectivity index (χ3v) is 6.73. The van der Waals surface area contributed by atoms with Crippen LogP contribution in [0.2, 0.25) is 5.02 Å². The van der Waals surface area contributed by atoms with Gasteiger partial charge in [0.2, 0.25) is 6.79 Å². The van der Waals surface area contributed by atoms with E-state index in [9.17, 15) is 13.6 Å². The number of hydrogen-bond acceptors (Lipinski definition) is 6. The summed E-state index contributed by atoms with van der Waals surface area (Å²) in [6, 6.07) is 25.2. The minimum Gasteiger partial charge on any atom is -0.457 e. The molecule has 1 N–H and O–H groups in total. The average Bonchev–Trinajstić information content (AvgIpc) is 3.63. The van der Waals surface area contributed by atoms with Crippen molar-refractivity contribution >= 4 is 29.0 Å². The van der Waals surface area contributed by atoms with Crippen molar-refractivity contribution in [3.8, 4) is 28.7 Å². The van der Waals surface area contributed by atoms with Gasteiger partial charge in [-0.05, 0) is 96.1 Å². The van der Waals surface area contributed by atoms with Crippen LogP contribution in [0.1, 0.15) is 17.0 Å². The second-order valence-electron chi connectivity index (χ2n) is 9.15. The Balaban J connectivity index is 1.20. The molecule has 208 valence electrons. The maximum Gasteiger partial charge on any atom is 0.387 e. The molecule has 6 rings (SSSR count). The van der Waals surface area contributed by atoms with Gasteiger partial charge in [0.25, 0.3) is 0 Å². The van der Waals surface area contributed by atoms with Gasteiger partial charge in [-0.1, -0.05) is 17.7 Å². The number of hydrogen-bond donors (Lipinski definition) is 1. The minimum absolute atomic E-state index is 0.0278. The number of nitrogens with one attached hydrogen (secondary N) is 1. The van der Waals surface area contributed by atoms with Gasteiger partial charge in [0, 0.05) is 16.6 Å². The summed E-state index contributed by atoms with van der Waals surface area (Å²) in [5.74, 6) is 2.18. The van der Waals surface area contributed by atoms with Crippen LogP contribution in [0.5, 0.6) is 28.7 Å². The molecule has 4 aromatic rings. The molecule has 0 radical (unpaired) electrons. The van der Waals surface area contributed by atoms with Gasteiger partial charge in [-0.25, -0.2) is 9.80 Å². The number of benzene rings is 4. The van der Waals surface area contributed by atoms with Gasteiger partial charge < -0.3 is 24.3 Å². The fraction of sp³-hybridized carbons (Fsp3) is 0.133. The Morgan fingerprint density at radius 1 is 0.902 bits per heavy atom. The molecule has 2 heterocycles. The number of halogens is 3. The Morgan fingerprint density at radius 3 is 2.27 bits per heavy atom. The molecule has 1 unspecified atom stereocenters. The number of carbonyl (C=O) groups excluding carboxylic acids is 1. The minimum atomic E-state index is -2.93. The van der Waals surface area contributed by atoms with E-state index in [2.05, 4.69) is 15.2 Å². The van der Waals surface area contributed by atoms with Crippen molar-refractivity contribution in [3.05, 3.63) is 107 Å². The van der Waals surface area contributed by atoms with Crippen molar-refractivity contribution in [2.75, 3.05) is 18.7 Å². The second kappa shape index (κ2) is 11.3. The fourth-order valence-electron chi connectivity index (χ4n) is 4.52. The quantitative estimate of drug-likeness (QED) is 0.246. The first kappa shape index (κ1) is 26.4. The van der Waals surface area contributed by atoms with Gasteiger partial charge in [-0.3, -0.25) is 0 Å². The van der Waals surface area contributed by atoms with Gasteiger partial charge in [0.05, 0.1) is 12.3 Å². The summed E-state index contributed by atoms with van der Waals surface area (Å²) in [7, 11) is 0. The number of carbonyl (C=O) groups is 1. The zero-order chi connectivity index (χ0) is 28.3. The molecule has 2 aliphatic heterocycles. The summed E-state index contributed by atoms with van der Waals surface area (Å²) >= 11 is 5.92. The molecule has 8 nitrogen and oxygen atoms in total. The highest BCUT2D eigenvalue weighted by Gasteiger charge is 2.33. The van der Waals surface area contributed by atoms with E-state index < -0.39 is 12.6 Å². The molecule has 41 heavy (non-hydrogen) atoms. The SMILES string of the molecule is O=C(Nc1ccc(Oc2ccc(Cl)cc2)cc1)N1CC(c2ccc3c(c2)OCO3)C(c2ccc(OC(F)F)cc2)=N1. The van der Waals surface area contributed by atoms with E-state index >= 15 is 0 Å². The number of hydrazone groups is 1. The maximum atomic E-state index is 13.3. The predicted octanol–water partition coefficient (Wildman–Crippen LogP) is 7.50. The van der Waals surface area contributed by atoms with Crippen molar-refractivity contribution in [3.63, 3.8) is 0 Å². The molecule has 0 saturated heterocycles. The van der Waals surface area contributed by atoms with Gasteiger partial charge in [0.1, 0.15) is 17.2 Å². The molecule has 0 aliphatic carbocycles. The lowest BCUT2D eigenvalue weighted by Crippen LogP contribution is -2.30. The molecule has 0 aromatic heterocycles. The summed E-state index contributed by atoms with van der Waals surface area (Å²) in [6.07, 6.45) is 0. The van der Waals surface area contributed by atoms with Crippen LogP contribution < -0.4 is 24.3 Å². The van der Waals surface area contributed by atoms with Gasteiger partial charge >= 0.3 is 12.6 Å². The topological polar surface area (TPSA) is 81.6 Å². The number of ether oxygens (including phenoxy) is 4. The van der Waals surface area contributed by atoms with Crippen molar-refractivity contribution in [1.82, 2.24) is 5.01 Å². The monoisotopic (exact) mass is 577 g/mol. The van der Waals surface area contributed by atoms with E-state index in [1.807, 2.05) is 18.2 Å². The van der Waals surface area contributed by atoms with Crippen molar-refractivity contribution in [2.45, 2.75) is 12.5 Å². The third-order valence-electron chi connectivity index (χ3n) is 6.48. The smallest absolute Gasteiger partial charge is 0.387 e. The van der Waals surface area contributed by atoms with Gasteiger partial charge in [0.15, 0.2) is 11.5 Å². The number of fused-ring (bicyclic) bond motifs is 1. The first-order chi connectivity index (χ1) is 19.9. The molecule has 0 spiro atoms. The summed E-state index contributed by atoms with van der Waals surface area (Å²) in [5, 5.41) is 9.43. The summed E-state index contributed by atoms with van der Waals surface area (Å²) in [6.45, 7) is -2.55. The van der Waals surface area contributed by atoms with Crippen LogP contribution in [0.4, 0.5) is 19.3 Å². The molecule has 2 aliphatic rings. The van der Waals surface area contributed by atoms with E-state index in [0.29, 0.717) is 45.0 Å². The van der Waals surface area contributed by atoms with Crippen LogP contribution in [0.25, 0.3) is 0 Å². The maximum absolute atomic E-state index is 13.3. The number of anilines is 1. The van der Waals surface area contributed by atoms with Crippen molar-refractivity contribution in [2.24, 2.45) is 5.10 Å². The molecule has 1 atom stereocenters. The Hall–Kier alpha value is -4.83. The van der Waals surface area contributed by atoms with Crippen LogP contribution in [0.15, 0.2) is 96.1 Å². The van der Waals surface area contributed by atoms with Crippen LogP contribution in [-0.2, 0) is 0 Å². The number of urea groups is 1. The predicted molar refractivity (Wildman–Crippen MR) is 149 cm³/mol. The highest BCUT2D eigenvalue weighted by molar-refractivity contribution is 6.30. The van der Waals surface area contributed by atoms with Crippen LogP contribution in [-0.4, -0.2) is 36.7 Å². The summed E-state index contributed by atoms with van der Waals surface area (Å²) in [4.78, 5) is 13.3. The second-order valence-corrected chi connectivity index (χ2v) is 9.58. The van der Waals surface area contributed by atoms with E-state index in [1.54, 1.807) is 60.7 Å². The molecule has 2 amide bonds. The highest BCUT2D eigenvalue weighted by Crippen LogP contribution is 2.38. The lowest BCUT2D eigenvalue weighted by Gasteiger charge is -2.16. The van der Waals surface area contributed by atoms with Gasteiger partial charge in [-0.2, -0.15) is 13.9 Å². The number of alkyl halides is 2. The van der Waals surface area contributed by atoms with E-state index in [4.69, 9.17) is 25.8 Å². The first-order valence-electron chi connectivity index (χ1n) is 12.6. The van der Waals surface area contributed by atoms with Crippen LogP contribution >= 0.6 is 11.6 Å². The Morgan fingerprint density at radius 2 is 1.56 bits per heavy atom. The van der Waals surface area contributed by atoms with E-state index in [-0.39, 0.29) is 25.0 Å². The Kier molecular flexibility index (Phi) is 7.30. The first-order valence-corrected chi connectivity index (χ1v) is 12.9. The Labute approximate surface area is 238 Å². The Bertz CT molecular complexity index is 1580. The lowest BCUT2D eigenvalue weighted by atomic mass is 9.90. The van der Waals surface area contributed by atoms with Crippen molar-refractivity contribution in [1.29, 1.82) is 0 Å². The standard InChI is InChI=1S/C30H22ClF2N3O5/c31-20-4-10-22(11-5-20)40-23-12-6-21(7-13-23)34-30(37)36-16-25(19-3-14-26-27(15-19)39-17-38-26)28(35-36)18-1-8-24(9-2-18)41-29(32)33/h1-15,25,29H,16-17H2,(H,34,37). The van der Waals surface area contributed by atoms with Crippen LogP contribution in [0.3, 0.4) is 0 Å².